The molecule has 0 aromatic carbocycles. The minimum Gasteiger partial charge on any atom is -0.287 e. The second-order valence-corrected chi connectivity index (χ2v) is 2.37. The van der Waals surface area contributed by atoms with Crippen LogP contribution in [0.2, 0.25) is 0 Å². The van der Waals surface area contributed by atoms with Gasteiger partial charge < -0.3 is 0 Å². The summed E-state index contributed by atoms with van der Waals surface area (Å²) in [5.41, 5.74) is 0. The van der Waals surface area contributed by atoms with Crippen LogP contribution in [0.15, 0.2) is 0 Å². The van der Waals surface area contributed by atoms with Gasteiger partial charge in [0.1, 0.15) is 6.23 Å². The third-order valence-electron chi connectivity index (χ3n) is 1.45. The first kappa shape index (κ1) is 8.92. The molecule has 2 heteroatoms. The zero-order chi connectivity index (χ0) is 7.28. The zero-order valence-electron chi connectivity index (χ0n) is 6.48. The lowest BCUT2D eigenvalue weighted by atomic mass is 10.2. The van der Waals surface area contributed by atoms with Crippen molar-refractivity contribution in [3.8, 4) is 0 Å². The van der Waals surface area contributed by atoms with E-state index in [0.29, 0.717) is 12.5 Å². The SMILES string of the molecule is CCC(C)NC([O])CC. The van der Waals surface area contributed by atoms with Crippen LogP contribution in [0.1, 0.15) is 33.6 Å². The van der Waals surface area contributed by atoms with E-state index in [2.05, 4.69) is 12.2 Å². The Morgan fingerprint density at radius 1 is 1.33 bits per heavy atom. The van der Waals surface area contributed by atoms with E-state index in [1.807, 2.05) is 13.8 Å². The molecule has 2 atom stereocenters. The number of nitrogens with one attached hydrogen (secondary N) is 1. The maximum atomic E-state index is 10.8. The molecule has 2 unspecified atom stereocenters. The second kappa shape index (κ2) is 4.77. The lowest BCUT2D eigenvalue weighted by Crippen LogP contribution is -2.34. The van der Waals surface area contributed by atoms with Crippen LogP contribution in [0.3, 0.4) is 0 Å². The molecule has 0 saturated carbocycles. The van der Waals surface area contributed by atoms with Gasteiger partial charge in [0.05, 0.1) is 0 Å². The highest BCUT2D eigenvalue weighted by Gasteiger charge is 2.04. The summed E-state index contributed by atoms with van der Waals surface area (Å²) in [5.74, 6) is 0. The maximum Gasteiger partial charge on any atom is 0.143 e. The third kappa shape index (κ3) is 4.43. The molecule has 0 fully saturated rings. The molecule has 9 heavy (non-hydrogen) atoms. The molecule has 0 rings (SSSR count). The van der Waals surface area contributed by atoms with Gasteiger partial charge in [-0.2, -0.15) is 0 Å². The fourth-order valence-electron chi connectivity index (χ4n) is 0.553. The molecule has 1 radical (unpaired) electrons. The summed E-state index contributed by atoms with van der Waals surface area (Å²) in [6, 6.07) is 0.368. The van der Waals surface area contributed by atoms with Crippen LogP contribution in [0.4, 0.5) is 0 Å². The first-order valence-corrected chi connectivity index (χ1v) is 3.62. The third-order valence-corrected chi connectivity index (χ3v) is 1.45. The Bertz CT molecular complexity index is 57.9. The van der Waals surface area contributed by atoms with Gasteiger partial charge >= 0.3 is 0 Å². The van der Waals surface area contributed by atoms with Crippen LogP contribution in [0, 0.1) is 0 Å². The van der Waals surface area contributed by atoms with E-state index >= 15 is 0 Å². The summed E-state index contributed by atoms with van der Waals surface area (Å²) in [4.78, 5) is 0. The van der Waals surface area contributed by atoms with Crippen LogP contribution < -0.4 is 5.32 Å². The van der Waals surface area contributed by atoms with Crippen molar-refractivity contribution in [2.75, 3.05) is 0 Å². The van der Waals surface area contributed by atoms with E-state index < -0.39 is 6.23 Å². The average molecular weight is 130 g/mol. The smallest absolute Gasteiger partial charge is 0.143 e. The summed E-state index contributed by atoms with van der Waals surface area (Å²) >= 11 is 0. The molecule has 55 valence electrons. The van der Waals surface area contributed by atoms with Crippen molar-refractivity contribution in [3.05, 3.63) is 0 Å². The minimum atomic E-state index is -0.569. The van der Waals surface area contributed by atoms with Crippen molar-refractivity contribution in [1.29, 1.82) is 0 Å². The lowest BCUT2D eigenvalue weighted by Gasteiger charge is -2.13. The highest BCUT2D eigenvalue weighted by atomic mass is 16.3. The predicted molar refractivity (Wildman–Crippen MR) is 37.7 cm³/mol. The topological polar surface area (TPSA) is 31.9 Å². The van der Waals surface area contributed by atoms with Gasteiger partial charge in [-0.25, -0.2) is 5.11 Å². The van der Waals surface area contributed by atoms with Gasteiger partial charge in [0.2, 0.25) is 0 Å². The average Bonchev–Trinajstić information content (AvgIpc) is 1.87. The van der Waals surface area contributed by atoms with E-state index in [4.69, 9.17) is 0 Å². The van der Waals surface area contributed by atoms with Gasteiger partial charge in [-0.1, -0.05) is 13.8 Å². The van der Waals surface area contributed by atoms with E-state index in [1.54, 1.807) is 0 Å². The number of hydrogen-bond acceptors (Lipinski definition) is 1. The molecule has 0 saturated heterocycles. The standard InChI is InChI=1S/C7H16NO/c1-4-6(3)8-7(9)5-2/h6-8H,4-5H2,1-3H3. The summed E-state index contributed by atoms with van der Waals surface area (Å²) in [6.07, 6.45) is 1.13. The monoisotopic (exact) mass is 130 g/mol. The van der Waals surface area contributed by atoms with Crippen molar-refractivity contribution in [2.24, 2.45) is 0 Å². The van der Waals surface area contributed by atoms with Crippen LogP contribution in [-0.4, -0.2) is 12.3 Å². The Hall–Kier alpha value is -0.0800. The van der Waals surface area contributed by atoms with Gasteiger partial charge in [0.15, 0.2) is 0 Å². The largest absolute Gasteiger partial charge is 0.287 e. The van der Waals surface area contributed by atoms with Crippen LogP contribution in [-0.2, 0) is 5.11 Å². The molecular formula is C7H16NO. The molecule has 0 aromatic rings. The molecule has 1 N–H and O–H groups in total. The number of hydrogen-bond donors (Lipinski definition) is 1. The van der Waals surface area contributed by atoms with Crippen LogP contribution in [0.5, 0.6) is 0 Å². The quantitative estimate of drug-likeness (QED) is 0.575. The predicted octanol–water partition coefficient (Wildman–Crippen LogP) is 1.54. The summed E-state index contributed by atoms with van der Waals surface area (Å²) in [5, 5.41) is 13.7. The van der Waals surface area contributed by atoms with E-state index in [-0.39, 0.29) is 0 Å². The van der Waals surface area contributed by atoms with Crippen LogP contribution in [0.25, 0.3) is 0 Å². The molecule has 0 aromatic heterocycles. The van der Waals surface area contributed by atoms with Gasteiger partial charge in [-0.05, 0) is 19.8 Å². The Morgan fingerprint density at radius 3 is 2.22 bits per heavy atom. The van der Waals surface area contributed by atoms with E-state index in [0.717, 1.165) is 6.42 Å². The Morgan fingerprint density at radius 2 is 1.89 bits per heavy atom. The van der Waals surface area contributed by atoms with Crippen LogP contribution >= 0.6 is 0 Å². The highest BCUT2D eigenvalue weighted by molar-refractivity contribution is 4.58. The molecule has 0 heterocycles. The normalized spacial score (nSPS) is 17.3. The fraction of sp³-hybridized carbons (Fsp3) is 1.00. The molecular weight excluding hydrogens is 114 g/mol. The fourth-order valence-corrected chi connectivity index (χ4v) is 0.553. The lowest BCUT2D eigenvalue weighted by molar-refractivity contribution is 0.0465. The van der Waals surface area contributed by atoms with Crippen molar-refractivity contribution >= 4 is 0 Å². The van der Waals surface area contributed by atoms with Gasteiger partial charge in [0, 0.05) is 6.04 Å². The molecule has 0 spiro atoms. The second-order valence-electron chi connectivity index (χ2n) is 2.37. The Kier molecular flexibility index (Phi) is 4.72. The minimum absolute atomic E-state index is 0.368. The van der Waals surface area contributed by atoms with Crippen molar-refractivity contribution in [1.82, 2.24) is 5.32 Å². The summed E-state index contributed by atoms with van der Waals surface area (Å²) in [6.45, 7) is 5.99. The molecule has 0 aliphatic heterocycles. The summed E-state index contributed by atoms with van der Waals surface area (Å²) in [7, 11) is 0. The van der Waals surface area contributed by atoms with E-state index in [1.165, 1.54) is 0 Å². The molecule has 0 bridgehead atoms. The number of rotatable bonds is 4. The molecule has 2 nitrogen and oxygen atoms in total. The first-order valence-electron chi connectivity index (χ1n) is 3.62. The Balaban J connectivity index is 3.22. The van der Waals surface area contributed by atoms with Gasteiger partial charge in [-0.15, -0.1) is 0 Å². The molecule has 0 amide bonds. The van der Waals surface area contributed by atoms with Crippen molar-refractivity contribution in [2.45, 2.75) is 45.9 Å². The van der Waals surface area contributed by atoms with Crippen molar-refractivity contribution < 1.29 is 5.11 Å². The summed E-state index contributed by atoms with van der Waals surface area (Å²) < 4.78 is 0. The zero-order valence-corrected chi connectivity index (χ0v) is 6.48. The maximum absolute atomic E-state index is 10.8. The van der Waals surface area contributed by atoms with E-state index in [9.17, 15) is 5.11 Å². The highest BCUT2D eigenvalue weighted by Crippen LogP contribution is 1.92. The molecule has 0 aliphatic carbocycles. The van der Waals surface area contributed by atoms with Crippen molar-refractivity contribution in [3.63, 3.8) is 0 Å². The van der Waals surface area contributed by atoms with Gasteiger partial charge in [0.25, 0.3) is 0 Å². The van der Waals surface area contributed by atoms with Gasteiger partial charge in [-0.3, -0.25) is 5.32 Å². The first-order chi connectivity index (χ1) is 4.20. The Labute approximate surface area is 57.3 Å². The molecule has 0 aliphatic rings.